The lowest BCUT2D eigenvalue weighted by Crippen LogP contribution is -2.16. The number of esters is 1. The van der Waals surface area contributed by atoms with E-state index in [1.807, 2.05) is 63.4 Å². The van der Waals surface area contributed by atoms with Crippen molar-refractivity contribution in [3.8, 4) is 11.3 Å². The standard InChI is InChI=1S/C23H21N3O3S/c1-13-5-8-16(9-6-13)19-20(26-12-14(2)7-10-18(26)24-19)21(27)25-22-17(23(28)29-4)11-15(3)30-22/h5-12H,1-4H3,(H,25,27). The second kappa shape index (κ2) is 7.76. The topological polar surface area (TPSA) is 72.7 Å². The number of rotatable bonds is 4. The number of pyridine rings is 1. The van der Waals surface area contributed by atoms with Crippen molar-refractivity contribution in [1.29, 1.82) is 0 Å². The Morgan fingerprint density at radius 1 is 1.03 bits per heavy atom. The Hall–Kier alpha value is -3.45. The highest BCUT2D eigenvalue weighted by Crippen LogP contribution is 2.31. The van der Waals surface area contributed by atoms with Gasteiger partial charge in [-0.2, -0.15) is 0 Å². The van der Waals surface area contributed by atoms with Gasteiger partial charge < -0.3 is 10.1 Å². The van der Waals surface area contributed by atoms with E-state index >= 15 is 0 Å². The van der Waals surface area contributed by atoms with Gasteiger partial charge in [0.25, 0.3) is 5.91 Å². The molecule has 0 aliphatic heterocycles. The van der Waals surface area contributed by atoms with Gasteiger partial charge in [-0.15, -0.1) is 11.3 Å². The van der Waals surface area contributed by atoms with Crippen molar-refractivity contribution in [2.45, 2.75) is 20.8 Å². The molecule has 1 N–H and O–H groups in total. The number of anilines is 1. The number of nitrogens with one attached hydrogen (secondary N) is 1. The number of hydrogen-bond acceptors (Lipinski definition) is 5. The third kappa shape index (κ3) is 3.59. The predicted molar refractivity (Wildman–Crippen MR) is 118 cm³/mol. The molecule has 0 spiro atoms. The van der Waals surface area contributed by atoms with E-state index in [9.17, 15) is 9.59 Å². The summed E-state index contributed by atoms with van der Waals surface area (Å²) >= 11 is 1.33. The van der Waals surface area contributed by atoms with Crippen LogP contribution in [0.25, 0.3) is 16.9 Å². The van der Waals surface area contributed by atoms with Gasteiger partial charge in [-0.3, -0.25) is 9.20 Å². The van der Waals surface area contributed by atoms with Crippen LogP contribution in [0.1, 0.15) is 36.9 Å². The molecule has 3 heterocycles. The molecule has 1 amide bonds. The van der Waals surface area contributed by atoms with Crippen LogP contribution >= 0.6 is 11.3 Å². The van der Waals surface area contributed by atoms with Crippen molar-refractivity contribution in [1.82, 2.24) is 9.38 Å². The largest absolute Gasteiger partial charge is 0.465 e. The minimum Gasteiger partial charge on any atom is -0.465 e. The molecule has 3 aromatic heterocycles. The number of aryl methyl sites for hydroxylation is 3. The molecule has 0 saturated heterocycles. The van der Waals surface area contributed by atoms with E-state index in [0.717, 1.165) is 21.6 Å². The van der Waals surface area contributed by atoms with Gasteiger partial charge in [0.1, 0.15) is 22.0 Å². The normalized spacial score (nSPS) is 10.9. The fourth-order valence-corrected chi connectivity index (χ4v) is 4.21. The van der Waals surface area contributed by atoms with Gasteiger partial charge in [0.05, 0.1) is 12.7 Å². The van der Waals surface area contributed by atoms with Crippen LogP contribution in [-0.2, 0) is 4.74 Å². The summed E-state index contributed by atoms with van der Waals surface area (Å²) in [4.78, 5) is 31.1. The van der Waals surface area contributed by atoms with Crippen LogP contribution in [0.5, 0.6) is 0 Å². The highest BCUT2D eigenvalue weighted by atomic mass is 32.1. The zero-order chi connectivity index (χ0) is 21.4. The Morgan fingerprint density at radius 2 is 1.73 bits per heavy atom. The molecule has 4 rings (SSSR count). The fourth-order valence-electron chi connectivity index (χ4n) is 3.31. The van der Waals surface area contributed by atoms with Crippen LogP contribution in [0.4, 0.5) is 5.00 Å². The Kier molecular flexibility index (Phi) is 5.13. The zero-order valence-corrected chi connectivity index (χ0v) is 18.0. The van der Waals surface area contributed by atoms with Gasteiger partial charge in [-0.05, 0) is 38.5 Å². The van der Waals surface area contributed by atoms with Crippen molar-refractivity contribution >= 4 is 33.9 Å². The number of fused-ring (bicyclic) bond motifs is 1. The second-order valence-corrected chi connectivity index (χ2v) is 8.41. The molecular formula is C23H21N3O3S. The summed E-state index contributed by atoms with van der Waals surface area (Å²) in [6, 6.07) is 13.5. The fraction of sp³-hybridized carbons (Fsp3) is 0.174. The number of aromatic nitrogens is 2. The number of carbonyl (C=O) groups is 2. The minimum atomic E-state index is -0.484. The highest BCUT2D eigenvalue weighted by molar-refractivity contribution is 7.16. The molecule has 0 fully saturated rings. The van der Waals surface area contributed by atoms with E-state index < -0.39 is 5.97 Å². The monoisotopic (exact) mass is 419 g/mol. The van der Waals surface area contributed by atoms with Gasteiger partial charge in [-0.25, -0.2) is 9.78 Å². The number of benzene rings is 1. The van der Waals surface area contributed by atoms with Crippen molar-refractivity contribution in [3.05, 3.63) is 75.9 Å². The molecule has 152 valence electrons. The van der Waals surface area contributed by atoms with E-state index in [4.69, 9.17) is 9.72 Å². The van der Waals surface area contributed by atoms with Crippen LogP contribution in [0.3, 0.4) is 0 Å². The Balaban J connectivity index is 1.84. The third-order valence-electron chi connectivity index (χ3n) is 4.79. The first-order valence-electron chi connectivity index (χ1n) is 9.43. The number of hydrogen-bond donors (Lipinski definition) is 1. The van der Waals surface area contributed by atoms with Gasteiger partial charge in [0.2, 0.25) is 0 Å². The molecule has 7 heteroatoms. The number of imidazole rings is 1. The predicted octanol–water partition coefficient (Wildman–Crippen LogP) is 5.03. The molecule has 30 heavy (non-hydrogen) atoms. The molecule has 0 radical (unpaired) electrons. The zero-order valence-electron chi connectivity index (χ0n) is 17.1. The quantitative estimate of drug-likeness (QED) is 0.471. The third-order valence-corrected chi connectivity index (χ3v) is 5.76. The molecule has 0 saturated carbocycles. The van der Waals surface area contributed by atoms with Gasteiger partial charge in [-0.1, -0.05) is 35.9 Å². The van der Waals surface area contributed by atoms with Gasteiger partial charge in [0, 0.05) is 16.6 Å². The lowest BCUT2D eigenvalue weighted by atomic mass is 10.1. The SMILES string of the molecule is COC(=O)c1cc(C)sc1NC(=O)c1c(-c2ccc(C)cc2)nc2ccc(C)cn12. The molecule has 0 aliphatic carbocycles. The van der Waals surface area contributed by atoms with Crippen molar-refractivity contribution in [2.75, 3.05) is 12.4 Å². The van der Waals surface area contributed by atoms with Gasteiger partial charge >= 0.3 is 5.97 Å². The molecule has 0 atom stereocenters. The first-order chi connectivity index (χ1) is 14.4. The molecule has 0 bridgehead atoms. The Bertz CT molecular complexity index is 1270. The molecule has 0 aliphatic rings. The summed E-state index contributed by atoms with van der Waals surface area (Å²) in [6.45, 7) is 5.85. The first-order valence-corrected chi connectivity index (χ1v) is 10.2. The first kappa shape index (κ1) is 19.8. The summed E-state index contributed by atoms with van der Waals surface area (Å²) in [5, 5.41) is 3.36. The number of thiophene rings is 1. The maximum Gasteiger partial charge on any atom is 0.340 e. The Labute approximate surface area is 178 Å². The molecular weight excluding hydrogens is 398 g/mol. The van der Waals surface area contributed by atoms with Crippen LogP contribution in [-0.4, -0.2) is 28.4 Å². The Morgan fingerprint density at radius 3 is 2.43 bits per heavy atom. The smallest absolute Gasteiger partial charge is 0.340 e. The number of methoxy groups -OCH3 is 1. The van der Waals surface area contributed by atoms with Crippen molar-refractivity contribution < 1.29 is 14.3 Å². The van der Waals surface area contributed by atoms with Crippen molar-refractivity contribution in [3.63, 3.8) is 0 Å². The molecule has 4 aromatic rings. The summed E-state index contributed by atoms with van der Waals surface area (Å²) < 4.78 is 6.64. The summed E-state index contributed by atoms with van der Waals surface area (Å²) in [5.74, 6) is -0.821. The van der Waals surface area contributed by atoms with Crippen molar-refractivity contribution in [2.24, 2.45) is 0 Å². The van der Waals surface area contributed by atoms with E-state index in [1.54, 1.807) is 10.5 Å². The van der Waals surface area contributed by atoms with E-state index in [-0.39, 0.29) is 5.91 Å². The van der Waals surface area contributed by atoms with E-state index in [0.29, 0.717) is 27.6 Å². The lowest BCUT2D eigenvalue weighted by Gasteiger charge is -2.08. The molecule has 0 unspecified atom stereocenters. The minimum absolute atomic E-state index is 0.337. The summed E-state index contributed by atoms with van der Waals surface area (Å²) in [7, 11) is 1.32. The lowest BCUT2D eigenvalue weighted by molar-refractivity contribution is 0.0602. The average molecular weight is 420 g/mol. The number of amides is 1. The summed E-state index contributed by atoms with van der Waals surface area (Å²) in [6.07, 6.45) is 1.88. The number of nitrogens with zero attached hydrogens (tertiary/aromatic N) is 2. The summed E-state index contributed by atoms with van der Waals surface area (Å²) in [5.41, 5.74) is 5.01. The molecule has 1 aromatic carbocycles. The van der Waals surface area contributed by atoms with E-state index in [1.165, 1.54) is 18.4 Å². The van der Waals surface area contributed by atoms with Crippen LogP contribution in [0, 0.1) is 20.8 Å². The van der Waals surface area contributed by atoms with Gasteiger partial charge in [0.15, 0.2) is 0 Å². The highest BCUT2D eigenvalue weighted by Gasteiger charge is 2.24. The number of carbonyl (C=O) groups excluding carboxylic acids is 2. The number of ether oxygens (including phenoxy) is 1. The average Bonchev–Trinajstić information content (AvgIpc) is 3.27. The van der Waals surface area contributed by atoms with E-state index in [2.05, 4.69) is 5.32 Å². The molecule has 6 nitrogen and oxygen atoms in total. The maximum atomic E-state index is 13.4. The second-order valence-electron chi connectivity index (χ2n) is 7.16. The van der Waals surface area contributed by atoms with Crippen LogP contribution in [0.2, 0.25) is 0 Å². The maximum absolute atomic E-state index is 13.4. The van der Waals surface area contributed by atoms with Crippen LogP contribution in [0.15, 0.2) is 48.7 Å². The van der Waals surface area contributed by atoms with Crippen LogP contribution < -0.4 is 5.32 Å².